The second-order valence-corrected chi connectivity index (χ2v) is 7.25. The van der Waals surface area contributed by atoms with E-state index in [4.69, 9.17) is 0 Å². The third-order valence-corrected chi connectivity index (χ3v) is 6.19. The molecule has 3 rings (SSSR count). The van der Waals surface area contributed by atoms with Gasteiger partial charge in [-0.15, -0.1) is 23.5 Å². The molecule has 0 radical (unpaired) electrons. The molecule has 108 valence electrons. The van der Waals surface area contributed by atoms with Crippen LogP contribution in [-0.2, 0) is 0 Å². The minimum absolute atomic E-state index is 0.0405. The SMILES string of the molecule is O=C(Nc1ncccc1O)c1ccc(C2SCCS2)cc1. The first-order valence-corrected chi connectivity index (χ1v) is 8.62. The van der Waals surface area contributed by atoms with E-state index in [9.17, 15) is 9.90 Å². The van der Waals surface area contributed by atoms with Crippen molar-refractivity contribution in [2.75, 3.05) is 16.8 Å². The van der Waals surface area contributed by atoms with E-state index in [2.05, 4.69) is 10.3 Å². The lowest BCUT2D eigenvalue weighted by molar-refractivity contribution is 0.102. The van der Waals surface area contributed by atoms with E-state index in [1.54, 1.807) is 6.07 Å². The number of carbonyl (C=O) groups is 1. The molecule has 21 heavy (non-hydrogen) atoms. The summed E-state index contributed by atoms with van der Waals surface area (Å²) in [7, 11) is 0. The molecule has 2 aromatic rings. The number of aromatic hydroxyl groups is 1. The van der Waals surface area contributed by atoms with Gasteiger partial charge in [0, 0.05) is 23.3 Å². The summed E-state index contributed by atoms with van der Waals surface area (Å²) in [6.45, 7) is 0. The van der Waals surface area contributed by atoms with E-state index < -0.39 is 0 Å². The first-order chi connectivity index (χ1) is 10.2. The van der Waals surface area contributed by atoms with Crippen LogP contribution in [0.15, 0.2) is 42.6 Å². The molecule has 1 aliphatic heterocycles. The molecule has 0 atom stereocenters. The fourth-order valence-corrected chi connectivity index (χ4v) is 4.87. The van der Waals surface area contributed by atoms with Crippen LogP contribution in [0.3, 0.4) is 0 Å². The van der Waals surface area contributed by atoms with Crippen LogP contribution >= 0.6 is 23.5 Å². The lowest BCUT2D eigenvalue weighted by Gasteiger charge is -2.09. The molecule has 0 bridgehead atoms. The van der Waals surface area contributed by atoms with Crippen LogP contribution in [0.1, 0.15) is 20.5 Å². The Hall–Kier alpha value is -1.66. The zero-order valence-corrected chi connectivity index (χ0v) is 12.8. The zero-order chi connectivity index (χ0) is 14.7. The van der Waals surface area contributed by atoms with Gasteiger partial charge >= 0.3 is 0 Å². The monoisotopic (exact) mass is 318 g/mol. The molecule has 0 unspecified atom stereocenters. The number of benzene rings is 1. The number of amides is 1. The second kappa shape index (κ2) is 6.41. The fourth-order valence-electron chi connectivity index (χ4n) is 2.02. The Balaban J connectivity index is 1.71. The lowest BCUT2D eigenvalue weighted by atomic mass is 10.1. The summed E-state index contributed by atoms with van der Waals surface area (Å²) in [6, 6.07) is 10.7. The van der Waals surface area contributed by atoms with E-state index in [0.717, 1.165) is 0 Å². The van der Waals surface area contributed by atoms with Gasteiger partial charge in [-0.05, 0) is 29.8 Å². The highest BCUT2D eigenvalue weighted by Crippen LogP contribution is 2.45. The standard InChI is InChI=1S/C15H14N2O2S2/c18-12-2-1-7-16-13(12)17-14(19)10-3-5-11(6-4-10)15-20-8-9-21-15/h1-7,15,18H,8-9H2,(H,16,17,19). The Morgan fingerprint density at radius 3 is 2.57 bits per heavy atom. The number of aromatic nitrogens is 1. The Morgan fingerprint density at radius 2 is 1.90 bits per heavy atom. The van der Waals surface area contributed by atoms with E-state index in [1.807, 2.05) is 47.8 Å². The van der Waals surface area contributed by atoms with E-state index in [-0.39, 0.29) is 17.5 Å². The molecule has 1 aromatic carbocycles. The molecule has 0 saturated carbocycles. The minimum Gasteiger partial charge on any atom is -0.504 e. The van der Waals surface area contributed by atoms with Gasteiger partial charge in [0.1, 0.15) is 0 Å². The van der Waals surface area contributed by atoms with Gasteiger partial charge in [-0.25, -0.2) is 4.98 Å². The molecule has 2 heterocycles. The molecule has 1 aromatic heterocycles. The Kier molecular flexibility index (Phi) is 4.36. The normalized spacial score (nSPS) is 15.0. The van der Waals surface area contributed by atoms with Gasteiger partial charge in [0.05, 0.1) is 4.58 Å². The number of hydrogen-bond acceptors (Lipinski definition) is 5. The fraction of sp³-hybridized carbons (Fsp3) is 0.200. The molecule has 2 N–H and O–H groups in total. The van der Waals surface area contributed by atoms with Gasteiger partial charge in [-0.2, -0.15) is 0 Å². The van der Waals surface area contributed by atoms with Crippen LogP contribution in [0.25, 0.3) is 0 Å². The molecule has 0 spiro atoms. The average Bonchev–Trinajstić information content (AvgIpc) is 3.04. The average molecular weight is 318 g/mol. The van der Waals surface area contributed by atoms with Crippen LogP contribution in [0.4, 0.5) is 5.82 Å². The number of carbonyl (C=O) groups excluding carboxylic acids is 1. The van der Waals surface area contributed by atoms with Crippen molar-refractivity contribution >= 4 is 35.2 Å². The summed E-state index contributed by atoms with van der Waals surface area (Å²) < 4.78 is 0.474. The number of anilines is 1. The van der Waals surface area contributed by atoms with Crippen LogP contribution in [0, 0.1) is 0 Å². The lowest BCUT2D eigenvalue weighted by Crippen LogP contribution is -2.13. The summed E-state index contributed by atoms with van der Waals surface area (Å²) in [4.78, 5) is 16.1. The number of rotatable bonds is 3. The van der Waals surface area contributed by atoms with Gasteiger partial charge in [-0.1, -0.05) is 12.1 Å². The summed E-state index contributed by atoms with van der Waals surface area (Å²) >= 11 is 3.87. The van der Waals surface area contributed by atoms with Gasteiger partial charge in [0.15, 0.2) is 11.6 Å². The quantitative estimate of drug-likeness (QED) is 0.906. The van der Waals surface area contributed by atoms with Crippen molar-refractivity contribution < 1.29 is 9.90 Å². The third-order valence-electron chi connectivity index (χ3n) is 3.09. The molecule has 1 aliphatic rings. The van der Waals surface area contributed by atoms with E-state index in [1.165, 1.54) is 29.3 Å². The highest BCUT2D eigenvalue weighted by molar-refractivity contribution is 8.19. The Labute approximate surface area is 131 Å². The predicted molar refractivity (Wildman–Crippen MR) is 88.0 cm³/mol. The summed E-state index contributed by atoms with van der Waals surface area (Å²) in [6.07, 6.45) is 1.52. The maximum atomic E-state index is 12.1. The molecule has 0 aliphatic carbocycles. The minimum atomic E-state index is -0.276. The van der Waals surface area contributed by atoms with Gasteiger partial charge < -0.3 is 10.4 Å². The maximum Gasteiger partial charge on any atom is 0.256 e. The Morgan fingerprint density at radius 1 is 1.19 bits per heavy atom. The van der Waals surface area contributed by atoms with Crippen molar-refractivity contribution in [3.63, 3.8) is 0 Å². The second-order valence-electron chi connectivity index (χ2n) is 4.52. The summed E-state index contributed by atoms with van der Waals surface area (Å²) in [5.41, 5.74) is 1.79. The first kappa shape index (κ1) is 14.3. The number of pyridine rings is 1. The first-order valence-electron chi connectivity index (χ1n) is 6.52. The Bertz CT molecular complexity index is 640. The highest BCUT2D eigenvalue weighted by atomic mass is 32.2. The van der Waals surface area contributed by atoms with Crippen molar-refractivity contribution in [1.29, 1.82) is 0 Å². The van der Waals surface area contributed by atoms with E-state index in [0.29, 0.717) is 10.1 Å². The summed E-state index contributed by atoms with van der Waals surface area (Å²) in [5.74, 6) is 2.21. The van der Waals surface area contributed by atoms with Crippen molar-refractivity contribution in [3.05, 3.63) is 53.7 Å². The molecule has 1 fully saturated rings. The van der Waals surface area contributed by atoms with Gasteiger partial charge in [0.2, 0.25) is 0 Å². The molecule has 6 heteroatoms. The molecular formula is C15H14N2O2S2. The van der Waals surface area contributed by atoms with Crippen molar-refractivity contribution in [3.8, 4) is 5.75 Å². The van der Waals surface area contributed by atoms with Crippen LogP contribution in [-0.4, -0.2) is 27.5 Å². The van der Waals surface area contributed by atoms with Crippen molar-refractivity contribution in [2.45, 2.75) is 4.58 Å². The number of nitrogens with one attached hydrogen (secondary N) is 1. The largest absolute Gasteiger partial charge is 0.504 e. The van der Waals surface area contributed by atoms with E-state index >= 15 is 0 Å². The highest BCUT2D eigenvalue weighted by Gasteiger charge is 2.18. The third kappa shape index (κ3) is 3.33. The molecule has 1 saturated heterocycles. The molecule has 4 nitrogen and oxygen atoms in total. The summed E-state index contributed by atoms with van der Waals surface area (Å²) in [5, 5.41) is 12.2. The maximum absolute atomic E-state index is 12.1. The van der Waals surface area contributed by atoms with Crippen LogP contribution in [0.2, 0.25) is 0 Å². The topological polar surface area (TPSA) is 62.2 Å². The number of thioether (sulfide) groups is 2. The van der Waals surface area contributed by atoms with Crippen LogP contribution in [0.5, 0.6) is 5.75 Å². The zero-order valence-electron chi connectivity index (χ0n) is 11.2. The van der Waals surface area contributed by atoms with Gasteiger partial charge in [0.25, 0.3) is 5.91 Å². The number of hydrogen-bond donors (Lipinski definition) is 2. The smallest absolute Gasteiger partial charge is 0.256 e. The molecule has 1 amide bonds. The number of nitrogens with zero attached hydrogens (tertiary/aromatic N) is 1. The van der Waals surface area contributed by atoms with Crippen molar-refractivity contribution in [2.24, 2.45) is 0 Å². The van der Waals surface area contributed by atoms with Crippen molar-refractivity contribution in [1.82, 2.24) is 4.98 Å². The predicted octanol–water partition coefficient (Wildman–Crippen LogP) is 3.52. The molecular weight excluding hydrogens is 304 g/mol. The van der Waals surface area contributed by atoms with Crippen LogP contribution < -0.4 is 5.32 Å². The van der Waals surface area contributed by atoms with Gasteiger partial charge in [-0.3, -0.25) is 4.79 Å².